The molecule has 1 heterocycles. The number of fused-ring (bicyclic) bond motifs is 1. The molecule has 0 fully saturated rings. The van der Waals surface area contributed by atoms with Crippen LogP contribution in [0, 0.1) is 0 Å². The van der Waals surface area contributed by atoms with Crippen LogP contribution in [0.1, 0.15) is 15.9 Å². The van der Waals surface area contributed by atoms with Crippen molar-refractivity contribution in [2.24, 2.45) is 7.05 Å². The second-order valence-electron chi connectivity index (χ2n) is 6.68. The maximum absolute atomic E-state index is 12.6. The van der Waals surface area contributed by atoms with Crippen molar-refractivity contribution in [1.29, 1.82) is 0 Å². The number of aromatic nitrogens is 2. The van der Waals surface area contributed by atoms with Gasteiger partial charge in [-0.1, -0.05) is 42.5 Å². The van der Waals surface area contributed by atoms with Gasteiger partial charge in [0.15, 0.2) is 5.82 Å². The van der Waals surface area contributed by atoms with Gasteiger partial charge in [-0.3, -0.25) is 9.59 Å². The van der Waals surface area contributed by atoms with Gasteiger partial charge in [-0.15, -0.1) is 0 Å². The third-order valence-corrected chi connectivity index (χ3v) is 4.69. The van der Waals surface area contributed by atoms with Crippen LogP contribution in [-0.4, -0.2) is 15.5 Å². The molecule has 0 saturated carbocycles. The van der Waals surface area contributed by atoms with Crippen LogP contribution in [0.25, 0.3) is 11.0 Å². The standard InChI is InChI=1S/C23H20N4O2/c1-27-20-10-6-5-9-19(20)26-21(23(27)29)25-18-13-11-17(12-14-18)22(28)24-15-16-7-3-2-4-8-16/h2-14H,15H2,1H3,(H,24,28)(H,25,26). The minimum Gasteiger partial charge on any atom is -0.348 e. The number of carbonyl (C=O) groups excluding carboxylic acids is 1. The first-order valence-electron chi connectivity index (χ1n) is 9.27. The molecule has 0 aliphatic rings. The Morgan fingerprint density at radius 3 is 2.38 bits per heavy atom. The van der Waals surface area contributed by atoms with Crippen LogP contribution in [0.5, 0.6) is 0 Å². The number of hydrogen-bond donors (Lipinski definition) is 2. The molecular weight excluding hydrogens is 364 g/mol. The molecule has 0 atom stereocenters. The first-order chi connectivity index (χ1) is 14.1. The zero-order valence-electron chi connectivity index (χ0n) is 15.9. The fourth-order valence-electron chi connectivity index (χ4n) is 3.08. The molecule has 0 unspecified atom stereocenters. The van der Waals surface area contributed by atoms with E-state index < -0.39 is 0 Å². The molecule has 0 aliphatic heterocycles. The number of hydrogen-bond acceptors (Lipinski definition) is 4. The monoisotopic (exact) mass is 384 g/mol. The van der Waals surface area contributed by atoms with Gasteiger partial charge in [0, 0.05) is 24.8 Å². The van der Waals surface area contributed by atoms with Gasteiger partial charge in [-0.05, 0) is 42.0 Å². The van der Waals surface area contributed by atoms with Crippen molar-refractivity contribution in [3.8, 4) is 0 Å². The van der Waals surface area contributed by atoms with Crippen molar-refractivity contribution >= 4 is 28.4 Å². The first kappa shape index (κ1) is 18.4. The van der Waals surface area contributed by atoms with Gasteiger partial charge in [0.1, 0.15) is 0 Å². The number of anilines is 2. The lowest BCUT2D eigenvalue weighted by Crippen LogP contribution is -2.23. The summed E-state index contributed by atoms with van der Waals surface area (Å²) in [6.07, 6.45) is 0. The van der Waals surface area contributed by atoms with Crippen molar-refractivity contribution in [1.82, 2.24) is 14.9 Å². The Hall–Kier alpha value is -3.93. The molecular formula is C23H20N4O2. The molecule has 144 valence electrons. The molecule has 1 amide bonds. The highest BCUT2D eigenvalue weighted by Crippen LogP contribution is 2.16. The number of rotatable bonds is 5. The molecule has 29 heavy (non-hydrogen) atoms. The molecule has 0 spiro atoms. The smallest absolute Gasteiger partial charge is 0.293 e. The molecule has 4 rings (SSSR count). The third kappa shape index (κ3) is 4.01. The van der Waals surface area contributed by atoms with Gasteiger partial charge in [0.05, 0.1) is 11.0 Å². The lowest BCUT2D eigenvalue weighted by Gasteiger charge is -2.10. The largest absolute Gasteiger partial charge is 0.348 e. The minimum absolute atomic E-state index is 0.153. The van der Waals surface area contributed by atoms with E-state index >= 15 is 0 Å². The van der Waals surface area contributed by atoms with Gasteiger partial charge in [0.25, 0.3) is 11.5 Å². The van der Waals surface area contributed by atoms with E-state index in [0.717, 1.165) is 16.6 Å². The molecule has 0 aliphatic carbocycles. The molecule has 6 heteroatoms. The van der Waals surface area contributed by atoms with Crippen LogP contribution in [0.3, 0.4) is 0 Å². The number of nitrogens with one attached hydrogen (secondary N) is 2. The summed E-state index contributed by atoms with van der Waals surface area (Å²) in [5.74, 6) is 0.0904. The van der Waals surface area contributed by atoms with Crippen molar-refractivity contribution in [2.75, 3.05) is 5.32 Å². The predicted molar refractivity (Wildman–Crippen MR) is 114 cm³/mol. The van der Waals surface area contributed by atoms with E-state index in [1.807, 2.05) is 54.6 Å². The van der Waals surface area contributed by atoms with Crippen LogP contribution >= 0.6 is 0 Å². The highest BCUT2D eigenvalue weighted by molar-refractivity contribution is 5.94. The van der Waals surface area contributed by atoms with Crippen LogP contribution in [0.2, 0.25) is 0 Å². The van der Waals surface area contributed by atoms with Crippen molar-refractivity contribution in [3.05, 3.63) is 100 Å². The quantitative estimate of drug-likeness (QED) is 0.551. The van der Waals surface area contributed by atoms with Gasteiger partial charge in [-0.25, -0.2) is 4.98 Å². The van der Waals surface area contributed by atoms with E-state index in [1.165, 1.54) is 0 Å². The highest BCUT2D eigenvalue weighted by Gasteiger charge is 2.10. The minimum atomic E-state index is -0.214. The predicted octanol–water partition coefficient (Wildman–Crippen LogP) is 3.61. The zero-order valence-corrected chi connectivity index (χ0v) is 15.9. The van der Waals surface area contributed by atoms with E-state index in [9.17, 15) is 9.59 Å². The lowest BCUT2D eigenvalue weighted by atomic mass is 10.1. The van der Waals surface area contributed by atoms with E-state index in [2.05, 4.69) is 15.6 Å². The van der Waals surface area contributed by atoms with Gasteiger partial charge in [-0.2, -0.15) is 0 Å². The molecule has 6 nitrogen and oxygen atoms in total. The van der Waals surface area contributed by atoms with E-state index in [4.69, 9.17) is 0 Å². The molecule has 0 bridgehead atoms. The van der Waals surface area contributed by atoms with E-state index in [0.29, 0.717) is 17.8 Å². The molecule has 0 radical (unpaired) electrons. The number of para-hydroxylation sites is 2. The van der Waals surface area contributed by atoms with Crippen LogP contribution in [-0.2, 0) is 13.6 Å². The average molecular weight is 384 g/mol. The Kier molecular flexibility index (Phi) is 5.07. The fraction of sp³-hybridized carbons (Fsp3) is 0.0870. The number of benzene rings is 3. The number of amides is 1. The first-order valence-corrected chi connectivity index (χ1v) is 9.27. The van der Waals surface area contributed by atoms with Crippen molar-refractivity contribution in [3.63, 3.8) is 0 Å². The summed E-state index contributed by atoms with van der Waals surface area (Å²) in [7, 11) is 1.72. The lowest BCUT2D eigenvalue weighted by molar-refractivity contribution is 0.0951. The molecule has 0 saturated heterocycles. The van der Waals surface area contributed by atoms with Crippen LogP contribution in [0.4, 0.5) is 11.5 Å². The van der Waals surface area contributed by atoms with E-state index in [-0.39, 0.29) is 17.3 Å². The van der Waals surface area contributed by atoms with Crippen LogP contribution < -0.4 is 16.2 Å². The van der Waals surface area contributed by atoms with Crippen LogP contribution in [0.15, 0.2) is 83.7 Å². The maximum atomic E-state index is 12.6. The molecule has 4 aromatic rings. The number of aryl methyl sites for hydroxylation is 1. The van der Waals surface area contributed by atoms with Crippen molar-refractivity contribution < 1.29 is 4.79 Å². The SMILES string of the molecule is Cn1c(=O)c(Nc2ccc(C(=O)NCc3ccccc3)cc2)nc2ccccc21. The Morgan fingerprint density at radius 1 is 0.931 bits per heavy atom. The third-order valence-electron chi connectivity index (χ3n) is 4.69. The summed E-state index contributed by atoms with van der Waals surface area (Å²) in [4.78, 5) is 29.3. The highest BCUT2D eigenvalue weighted by atomic mass is 16.1. The van der Waals surface area contributed by atoms with Gasteiger partial charge in [0.2, 0.25) is 0 Å². The molecule has 3 aromatic carbocycles. The Labute approximate surface area is 167 Å². The zero-order chi connectivity index (χ0) is 20.2. The fourth-order valence-corrected chi connectivity index (χ4v) is 3.08. The van der Waals surface area contributed by atoms with Gasteiger partial charge < -0.3 is 15.2 Å². The Balaban J connectivity index is 1.48. The van der Waals surface area contributed by atoms with Gasteiger partial charge >= 0.3 is 0 Å². The summed E-state index contributed by atoms with van der Waals surface area (Å²) in [6, 6.07) is 24.2. The molecule has 1 aromatic heterocycles. The van der Waals surface area contributed by atoms with E-state index in [1.54, 1.807) is 35.9 Å². The summed E-state index contributed by atoms with van der Waals surface area (Å²) < 4.78 is 1.57. The summed E-state index contributed by atoms with van der Waals surface area (Å²) in [5.41, 5.74) is 3.56. The Bertz CT molecular complexity index is 1220. The normalized spacial score (nSPS) is 10.7. The maximum Gasteiger partial charge on any atom is 0.293 e. The summed E-state index contributed by atoms with van der Waals surface area (Å²) in [6.45, 7) is 0.469. The Morgan fingerprint density at radius 2 is 1.62 bits per heavy atom. The number of nitrogens with zero attached hydrogens (tertiary/aromatic N) is 2. The topological polar surface area (TPSA) is 76.0 Å². The van der Waals surface area contributed by atoms with Crippen molar-refractivity contribution in [2.45, 2.75) is 6.54 Å². The average Bonchev–Trinajstić information content (AvgIpc) is 2.77. The second-order valence-corrected chi connectivity index (χ2v) is 6.68. The number of carbonyl (C=O) groups is 1. The second kappa shape index (κ2) is 7.98. The molecule has 2 N–H and O–H groups in total. The summed E-state index contributed by atoms with van der Waals surface area (Å²) in [5, 5.41) is 5.95. The summed E-state index contributed by atoms with van der Waals surface area (Å²) >= 11 is 0.